The molecule has 3 N–H and O–H groups in total. The Morgan fingerprint density at radius 3 is 2.20 bits per heavy atom. The highest BCUT2D eigenvalue weighted by atomic mass is 19.1. The van der Waals surface area contributed by atoms with E-state index in [0.29, 0.717) is 0 Å². The molecule has 0 aliphatic carbocycles. The largest absolute Gasteiger partial charge is 0.480 e. The molecule has 5 nitrogen and oxygen atoms in total. The van der Waals surface area contributed by atoms with Crippen LogP contribution >= 0.6 is 0 Å². The molecular formula is C13H16F2N2O3. The second kappa shape index (κ2) is 6.83. The molecule has 0 fully saturated rings. The Morgan fingerprint density at radius 1 is 1.20 bits per heavy atom. The van der Waals surface area contributed by atoms with Crippen molar-refractivity contribution in [3.63, 3.8) is 0 Å². The lowest BCUT2D eigenvalue weighted by Gasteiger charge is -2.18. The topological polar surface area (TPSA) is 78.4 Å². The highest BCUT2D eigenvalue weighted by Crippen LogP contribution is 2.07. The Bertz CT molecular complexity index is 486. The van der Waals surface area contributed by atoms with E-state index in [1.54, 1.807) is 13.8 Å². The normalized spacial score (nSPS) is 12.1. The zero-order valence-corrected chi connectivity index (χ0v) is 11.1. The molecule has 0 spiro atoms. The lowest BCUT2D eigenvalue weighted by atomic mass is 10.1. The molecule has 0 saturated carbocycles. The van der Waals surface area contributed by atoms with Crippen LogP contribution in [0, 0.1) is 17.6 Å². The molecule has 7 heteroatoms. The van der Waals surface area contributed by atoms with Gasteiger partial charge in [0.2, 0.25) is 0 Å². The van der Waals surface area contributed by atoms with Gasteiger partial charge in [-0.05, 0) is 23.6 Å². The van der Waals surface area contributed by atoms with Crippen LogP contribution in [-0.4, -0.2) is 23.1 Å². The van der Waals surface area contributed by atoms with E-state index < -0.39 is 29.7 Å². The average Bonchev–Trinajstić information content (AvgIpc) is 2.31. The van der Waals surface area contributed by atoms with E-state index in [4.69, 9.17) is 5.11 Å². The number of nitrogens with one attached hydrogen (secondary N) is 2. The number of carboxylic acid groups (broad SMARTS) is 1. The first-order valence-electron chi connectivity index (χ1n) is 6.01. The SMILES string of the molecule is CC(C)C(NC(=O)NCc1cc(F)cc(F)c1)C(=O)O. The number of hydrogen-bond donors (Lipinski definition) is 3. The zero-order chi connectivity index (χ0) is 15.3. The first kappa shape index (κ1) is 15.9. The first-order valence-corrected chi connectivity index (χ1v) is 6.01. The van der Waals surface area contributed by atoms with Gasteiger partial charge in [0.05, 0.1) is 0 Å². The van der Waals surface area contributed by atoms with Gasteiger partial charge < -0.3 is 15.7 Å². The van der Waals surface area contributed by atoms with E-state index in [1.807, 2.05) is 0 Å². The fourth-order valence-electron chi connectivity index (χ4n) is 1.60. The molecule has 0 radical (unpaired) electrons. The molecule has 110 valence electrons. The van der Waals surface area contributed by atoms with Crippen molar-refractivity contribution in [3.05, 3.63) is 35.4 Å². The fourth-order valence-corrected chi connectivity index (χ4v) is 1.60. The molecule has 1 aromatic carbocycles. The van der Waals surface area contributed by atoms with E-state index in [1.165, 1.54) is 0 Å². The number of urea groups is 1. The van der Waals surface area contributed by atoms with Gasteiger partial charge in [-0.2, -0.15) is 0 Å². The predicted molar refractivity (Wildman–Crippen MR) is 68.0 cm³/mol. The molecule has 20 heavy (non-hydrogen) atoms. The molecule has 0 aliphatic heterocycles. The molecule has 1 atom stereocenters. The summed E-state index contributed by atoms with van der Waals surface area (Å²) in [7, 11) is 0. The Kier molecular flexibility index (Phi) is 5.42. The number of carbonyl (C=O) groups excluding carboxylic acids is 1. The first-order chi connectivity index (χ1) is 9.29. The van der Waals surface area contributed by atoms with Crippen molar-refractivity contribution in [1.82, 2.24) is 10.6 Å². The standard InChI is InChI=1S/C13H16F2N2O3/c1-7(2)11(12(18)19)17-13(20)16-6-8-3-9(14)5-10(15)4-8/h3-5,7,11H,6H2,1-2H3,(H,18,19)(H2,16,17,20). The van der Waals surface area contributed by atoms with Crippen LogP contribution in [0.2, 0.25) is 0 Å². The van der Waals surface area contributed by atoms with Crippen molar-refractivity contribution in [1.29, 1.82) is 0 Å². The summed E-state index contributed by atoms with van der Waals surface area (Å²) in [5.41, 5.74) is 0.245. The van der Waals surface area contributed by atoms with Gasteiger partial charge in [-0.25, -0.2) is 18.4 Å². The number of halogens is 2. The summed E-state index contributed by atoms with van der Waals surface area (Å²) < 4.78 is 25.9. The van der Waals surface area contributed by atoms with E-state index in [2.05, 4.69) is 10.6 Å². The molecule has 0 heterocycles. The molecule has 2 amide bonds. The minimum absolute atomic E-state index is 0.106. The summed E-state index contributed by atoms with van der Waals surface area (Å²) >= 11 is 0. The third-order valence-corrected chi connectivity index (χ3v) is 2.59. The highest BCUT2D eigenvalue weighted by molar-refractivity contribution is 5.82. The molecule has 0 saturated heterocycles. The van der Waals surface area contributed by atoms with Crippen molar-refractivity contribution >= 4 is 12.0 Å². The zero-order valence-electron chi connectivity index (χ0n) is 11.1. The number of aliphatic carboxylic acids is 1. The quantitative estimate of drug-likeness (QED) is 0.773. The van der Waals surface area contributed by atoms with E-state index >= 15 is 0 Å². The monoisotopic (exact) mass is 286 g/mol. The Labute approximate surface area is 115 Å². The van der Waals surface area contributed by atoms with E-state index in [-0.39, 0.29) is 18.0 Å². The summed E-state index contributed by atoms with van der Waals surface area (Å²) in [5.74, 6) is -2.92. The number of hydrogen-bond acceptors (Lipinski definition) is 2. The molecular weight excluding hydrogens is 270 g/mol. The molecule has 0 aliphatic rings. The number of benzene rings is 1. The summed E-state index contributed by atoms with van der Waals surface area (Å²) in [5, 5.41) is 13.5. The molecule has 1 unspecified atom stereocenters. The lowest BCUT2D eigenvalue weighted by Crippen LogP contribution is -2.48. The van der Waals surface area contributed by atoms with Crippen molar-refractivity contribution in [2.45, 2.75) is 26.4 Å². The summed E-state index contributed by atoms with van der Waals surface area (Å²) in [6.45, 7) is 3.20. The van der Waals surface area contributed by atoms with Gasteiger partial charge in [-0.15, -0.1) is 0 Å². The van der Waals surface area contributed by atoms with Gasteiger partial charge in [0.1, 0.15) is 17.7 Å². The third kappa shape index (κ3) is 4.83. The van der Waals surface area contributed by atoms with Crippen LogP contribution in [-0.2, 0) is 11.3 Å². The average molecular weight is 286 g/mol. The van der Waals surface area contributed by atoms with Crippen molar-refractivity contribution in [2.75, 3.05) is 0 Å². The number of carbonyl (C=O) groups is 2. The number of rotatable bonds is 5. The van der Waals surface area contributed by atoms with Crippen LogP contribution in [0.15, 0.2) is 18.2 Å². The molecule has 0 aromatic heterocycles. The van der Waals surface area contributed by atoms with Gasteiger partial charge in [0.25, 0.3) is 0 Å². The van der Waals surface area contributed by atoms with Crippen molar-refractivity contribution < 1.29 is 23.5 Å². The third-order valence-electron chi connectivity index (χ3n) is 2.59. The van der Waals surface area contributed by atoms with E-state index in [9.17, 15) is 18.4 Å². The number of amides is 2. The molecule has 1 rings (SSSR count). The van der Waals surface area contributed by atoms with Gasteiger partial charge in [0.15, 0.2) is 0 Å². The van der Waals surface area contributed by atoms with Crippen LogP contribution in [0.1, 0.15) is 19.4 Å². The van der Waals surface area contributed by atoms with Crippen LogP contribution in [0.4, 0.5) is 13.6 Å². The Morgan fingerprint density at radius 2 is 1.75 bits per heavy atom. The van der Waals surface area contributed by atoms with E-state index in [0.717, 1.165) is 18.2 Å². The molecule has 1 aromatic rings. The van der Waals surface area contributed by atoms with Crippen molar-refractivity contribution in [3.8, 4) is 0 Å². The maximum atomic E-state index is 12.9. The Hall–Kier alpha value is -2.18. The second-order valence-electron chi connectivity index (χ2n) is 4.66. The smallest absolute Gasteiger partial charge is 0.326 e. The molecule has 0 bridgehead atoms. The van der Waals surface area contributed by atoms with Crippen LogP contribution < -0.4 is 10.6 Å². The highest BCUT2D eigenvalue weighted by Gasteiger charge is 2.23. The lowest BCUT2D eigenvalue weighted by molar-refractivity contribution is -0.140. The Balaban J connectivity index is 2.56. The summed E-state index contributed by atoms with van der Waals surface area (Å²) in [6.07, 6.45) is 0. The van der Waals surface area contributed by atoms with Crippen LogP contribution in [0.5, 0.6) is 0 Å². The predicted octanol–water partition coefficient (Wildman–Crippen LogP) is 1.87. The van der Waals surface area contributed by atoms with Crippen LogP contribution in [0.25, 0.3) is 0 Å². The number of carboxylic acids is 1. The minimum atomic E-state index is -1.15. The maximum absolute atomic E-state index is 12.9. The maximum Gasteiger partial charge on any atom is 0.326 e. The summed E-state index contributed by atoms with van der Waals surface area (Å²) in [6, 6.07) is 1.15. The van der Waals surface area contributed by atoms with Crippen LogP contribution in [0.3, 0.4) is 0 Å². The fraction of sp³-hybridized carbons (Fsp3) is 0.385. The van der Waals surface area contributed by atoms with Gasteiger partial charge >= 0.3 is 12.0 Å². The van der Waals surface area contributed by atoms with Gasteiger partial charge in [-0.3, -0.25) is 0 Å². The second-order valence-corrected chi connectivity index (χ2v) is 4.66. The van der Waals surface area contributed by atoms with Gasteiger partial charge in [0, 0.05) is 12.6 Å². The summed E-state index contributed by atoms with van der Waals surface area (Å²) in [4.78, 5) is 22.4. The minimum Gasteiger partial charge on any atom is -0.480 e. The van der Waals surface area contributed by atoms with Gasteiger partial charge in [-0.1, -0.05) is 13.8 Å². The van der Waals surface area contributed by atoms with Crippen molar-refractivity contribution in [2.24, 2.45) is 5.92 Å².